The second kappa shape index (κ2) is 9.68. The molecule has 0 radical (unpaired) electrons. The van der Waals surface area contributed by atoms with E-state index in [1.54, 1.807) is 0 Å². The van der Waals surface area contributed by atoms with Crippen molar-refractivity contribution in [1.29, 1.82) is 0 Å². The lowest BCUT2D eigenvalue weighted by atomic mass is 10.1. The Morgan fingerprint density at radius 3 is 2.92 bits per heavy atom. The third kappa shape index (κ3) is 5.18. The first-order valence-corrected chi connectivity index (χ1v) is 9.53. The number of nitrogens with one attached hydrogen (secondary N) is 2. The van der Waals surface area contributed by atoms with Gasteiger partial charge in [0.1, 0.15) is 5.82 Å². The summed E-state index contributed by atoms with van der Waals surface area (Å²) >= 11 is 3.51. The number of hydrogen-bond donors (Lipinski definition) is 2. The average Bonchev–Trinajstić information content (AvgIpc) is 3.02. The number of nitrogens with zero attached hydrogens (tertiary/aromatic N) is 4. The highest BCUT2D eigenvalue weighted by molar-refractivity contribution is 14.0. The summed E-state index contributed by atoms with van der Waals surface area (Å²) in [5, 5.41) is 11.5. The standard InChI is InChI=1S/C18H25BrN6.HI/c1-4-16-23-17-8-7-15(11-25(17)24-16)22-18(20-3)21-10-13-5-6-14(19)9-12(13)2;/h5-6,9,15H,4,7-8,10-11H2,1-3H3,(H2,20,21,22);1H. The van der Waals surface area contributed by atoms with Crippen LogP contribution in [0.15, 0.2) is 27.7 Å². The van der Waals surface area contributed by atoms with E-state index in [0.29, 0.717) is 6.04 Å². The minimum Gasteiger partial charge on any atom is -0.352 e. The molecule has 1 aromatic carbocycles. The molecule has 26 heavy (non-hydrogen) atoms. The zero-order valence-electron chi connectivity index (χ0n) is 15.4. The van der Waals surface area contributed by atoms with Crippen molar-refractivity contribution in [2.45, 2.75) is 52.2 Å². The molecule has 1 aliphatic rings. The highest BCUT2D eigenvalue weighted by Gasteiger charge is 2.22. The summed E-state index contributed by atoms with van der Waals surface area (Å²) in [7, 11) is 1.81. The number of halogens is 2. The van der Waals surface area contributed by atoms with Gasteiger partial charge in [0.2, 0.25) is 0 Å². The summed E-state index contributed by atoms with van der Waals surface area (Å²) in [6.07, 6.45) is 2.88. The second-order valence-corrected chi connectivity index (χ2v) is 7.27. The van der Waals surface area contributed by atoms with Crippen molar-refractivity contribution in [3.05, 3.63) is 45.4 Å². The molecule has 0 fully saturated rings. The van der Waals surface area contributed by atoms with Gasteiger partial charge in [-0.25, -0.2) is 9.67 Å². The van der Waals surface area contributed by atoms with Crippen LogP contribution in [-0.2, 0) is 25.9 Å². The molecule has 2 heterocycles. The highest BCUT2D eigenvalue weighted by Crippen LogP contribution is 2.16. The topological polar surface area (TPSA) is 67.1 Å². The third-order valence-electron chi connectivity index (χ3n) is 4.53. The number of hydrogen-bond acceptors (Lipinski definition) is 3. The van der Waals surface area contributed by atoms with Crippen LogP contribution in [0.25, 0.3) is 0 Å². The lowest BCUT2D eigenvalue weighted by Crippen LogP contribution is -2.46. The Labute approximate surface area is 180 Å². The smallest absolute Gasteiger partial charge is 0.191 e. The Hall–Kier alpha value is -1.16. The summed E-state index contributed by atoms with van der Waals surface area (Å²) in [6, 6.07) is 6.65. The van der Waals surface area contributed by atoms with E-state index in [2.05, 4.69) is 73.7 Å². The second-order valence-electron chi connectivity index (χ2n) is 6.36. The fourth-order valence-corrected chi connectivity index (χ4v) is 3.53. The maximum absolute atomic E-state index is 4.57. The molecule has 0 amide bonds. The van der Waals surface area contributed by atoms with Gasteiger partial charge in [-0.2, -0.15) is 5.10 Å². The van der Waals surface area contributed by atoms with Crippen LogP contribution in [0.2, 0.25) is 0 Å². The van der Waals surface area contributed by atoms with Gasteiger partial charge < -0.3 is 10.6 Å². The van der Waals surface area contributed by atoms with Crippen molar-refractivity contribution < 1.29 is 0 Å². The van der Waals surface area contributed by atoms with Gasteiger partial charge in [0.15, 0.2) is 11.8 Å². The fraction of sp³-hybridized carbons (Fsp3) is 0.500. The molecule has 3 rings (SSSR count). The van der Waals surface area contributed by atoms with Crippen molar-refractivity contribution in [2.24, 2.45) is 4.99 Å². The fourth-order valence-electron chi connectivity index (χ4n) is 3.05. The Morgan fingerprint density at radius 2 is 2.23 bits per heavy atom. The molecule has 8 heteroatoms. The largest absolute Gasteiger partial charge is 0.352 e. The van der Waals surface area contributed by atoms with E-state index in [9.17, 15) is 0 Å². The van der Waals surface area contributed by atoms with Crippen LogP contribution in [0.1, 0.15) is 36.1 Å². The summed E-state index contributed by atoms with van der Waals surface area (Å²) in [6.45, 7) is 5.80. The first-order valence-electron chi connectivity index (χ1n) is 8.73. The molecule has 1 atom stereocenters. The number of guanidine groups is 1. The molecule has 6 nitrogen and oxygen atoms in total. The molecule has 142 valence electrons. The van der Waals surface area contributed by atoms with Gasteiger partial charge >= 0.3 is 0 Å². The Bertz CT molecular complexity index is 773. The molecule has 0 aliphatic carbocycles. The lowest BCUT2D eigenvalue weighted by Gasteiger charge is -2.25. The monoisotopic (exact) mass is 532 g/mol. The molecule has 1 unspecified atom stereocenters. The third-order valence-corrected chi connectivity index (χ3v) is 5.03. The molecule has 0 bridgehead atoms. The Morgan fingerprint density at radius 1 is 1.42 bits per heavy atom. The summed E-state index contributed by atoms with van der Waals surface area (Å²) < 4.78 is 3.14. The van der Waals surface area contributed by atoms with E-state index in [1.165, 1.54) is 11.1 Å². The van der Waals surface area contributed by atoms with E-state index >= 15 is 0 Å². The normalized spacial score (nSPS) is 16.6. The van der Waals surface area contributed by atoms with E-state index in [1.807, 2.05) is 11.7 Å². The molecule has 0 saturated carbocycles. The molecule has 1 aromatic heterocycles. The molecule has 0 spiro atoms. The first kappa shape index (κ1) is 21.1. The molecular weight excluding hydrogens is 507 g/mol. The van der Waals surface area contributed by atoms with Crippen LogP contribution < -0.4 is 10.6 Å². The van der Waals surface area contributed by atoms with Crippen molar-refractivity contribution in [3.8, 4) is 0 Å². The zero-order chi connectivity index (χ0) is 17.8. The van der Waals surface area contributed by atoms with Gasteiger partial charge in [0.05, 0.1) is 6.54 Å². The number of aryl methyl sites for hydroxylation is 3. The minimum absolute atomic E-state index is 0. The molecular formula is C18H26BrIN6. The van der Waals surface area contributed by atoms with E-state index in [-0.39, 0.29) is 24.0 Å². The van der Waals surface area contributed by atoms with Crippen molar-refractivity contribution in [2.75, 3.05) is 7.05 Å². The van der Waals surface area contributed by atoms with Gasteiger partial charge in [-0.3, -0.25) is 4.99 Å². The van der Waals surface area contributed by atoms with Crippen LogP contribution in [0.4, 0.5) is 0 Å². The highest BCUT2D eigenvalue weighted by atomic mass is 127. The molecule has 1 aliphatic heterocycles. The van der Waals surface area contributed by atoms with E-state index in [0.717, 1.165) is 54.4 Å². The van der Waals surface area contributed by atoms with Crippen LogP contribution in [0.5, 0.6) is 0 Å². The van der Waals surface area contributed by atoms with Crippen LogP contribution in [0, 0.1) is 6.92 Å². The average molecular weight is 533 g/mol. The van der Waals surface area contributed by atoms with Gasteiger partial charge in [-0.1, -0.05) is 28.9 Å². The number of aromatic nitrogens is 3. The predicted octanol–water partition coefficient (Wildman–Crippen LogP) is 3.21. The van der Waals surface area contributed by atoms with Gasteiger partial charge in [-0.15, -0.1) is 24.0 Å². The maximum Gasteiger partial charge on any atom is 0.191 e. The molecule has 2 N–H and O–H groups in total. The number of aliphatic imine (C=N–C) groups is 1. The maximum atomic E-state index is 4.57. The van der Waals surface area contributed by atoms with E-state index in [4.69, 9.17) is 0 Å². The van der Waals surface area contributed by atoms with Crippen LogP contribution in [0.3, 0.4) is 0 Å². The summed E-state index contributed by atoms with van der Waals surface area (Å²) in [4.78, 5) is 8.93. The van der Waals surface area contributed by atoms with Crippen molar-refractivity contribution in [1.82, 2.24) is 25.4 Å². The number of fused-ring (bicyclic) bond motifs is 1. The van der Waals surface area contributed by atoms with E-state index < -0.39 is 0 Å². The van der Waals surface area contributed by atoms with Gasteiger partial charge in [0, 0.05) is 36.9 Å². The Kier molecular flexibility index (Phi) is 7.87. The minimum atomic E-state index is 0. The van der Waals surface area contributed by atoms with Crippen molar-refractivity contribution in [3.63, 3.8) is 0 Å². The van der Waals surface area contributed by atoms with Crippen molar-refractivity contribution >= 4 is 45.9 Å². The molecule has 0 saturated heterocycles. The SMILES string of the molecule is CCc1nc2n(n1)CC(NC(=NC)NCc1ccc(Br)cc1C)CC2.I. The number of benzene rings is 1. The summed E-state index contributed by atoms with van der Waals surface area (Å²) in [5.74, 6) is 2.86. The first-order chi connectivity index (χ1) is 12.1. The van der Waals surface area contributed by atoms with Gasteiger partial charge in [-0.05, 0) is 36.6 Å². The molecule has 2 aromatic rings. The van der Waals surface area contributed by atoms with Gasteiger partial charge in [0.25, 0.3) is 0 Å². The predicted molar refractivity (Wildman–Crippen MR) is 119 cm³/mol. The van der Waals surface area contributed by atoms with Crippen LogP contribution >= 0.6 is 39.9 Å². The quantitative estimate of drug-likeness (QED) is 0.360. The Balaban J connectivity index is 0.00000243. The zero-order valence-corrected chi connectivity index (χ0v) is 19.3. The lowest BCUT2D eigenvalue weighted by molar-refractivity contribution is 0.392. The van der Waals surface area contributed by atoms with Crippen LogP contribution in [-0.4, -0.2) is 33.8 Å². The number of rotatable bonds is 4. The summed E-state index contributed by atoms with van der Waals surface area (Å²) in [5.41, 5.74) is 2.52.